The topological polar surface area (TPSA) is 77.2 Å². The number of hydrogen-bond acceptors (Lipinski definition) is 4. The number of aromatic nitrogens is 1. The molecule has 0 saturated carbocycles. The maximum absolute atomic E-state index is 13.6. The number of benzene rings is 3. The van der Waals surface area contributed by atoms with E-state index < -0.39 is 0 Å². The summed E-state index contributed by atoms with van der Waals surface area (Å²) in [7, 11) is 1.58. The second-order valence-electron chi connectivity index (χ2n) is 6.51. The quantitative estimate of drug-likeness (QED) is 0.523. The number of ether oxygens (including phenoxy) is 1. The van der Waals surface area contributed by atoms with Crippen LogP contribution in [0.15, 0.2) is 72.9 Å². The molecule has 6 heteroatoms. The molecule has 0 aliphatic heterocycles. The van der Waals surface area contributed by atoms with Gasteiger partial charge in [-0.05, 0) is 59.0 Å². The molecule has 0 atom stereocenters. The van der Waals surface area contributed by atoms with Crippen LogP contribution in [0.25, 0.3) is 21.9 Å². The Morgan fingerprint density at radius 3 is 2.48 bits per heavy atom. The molecule has 1 heterocycles. The SMILES string of the molecule is COc1ccc(NC(=O)c2cnc(N)c3cc(-c4cccc(F)c4)ccc23)cc1. The van der Waals surface area contributed by atoms with Crippen LogP contribution in [0, 0.1) is 5.82 Å². The lowest BCUT2D eigenvalue weighted by Gasteiger charge is -2.11. The van der Waals surface area contributed by atoms with E-state index in [-0.39, 0.29) is 11.7 Å². The minimum absolute atomic E-state index is 0.300. The Labute approximate surface area is 167 Å². The van der Waals surface area contributed by atoms with Crippen LogP contribution in [0.3, 0.4) is 0 Å². The molecule has 4 rings (SSSR count). The van der Waals surface area contributed by atoms with Crippen LogP contribution in [-0.2, 0) is 0 Å². The van der Waals surface area contributed by atoms with Crippen molar-refractivity contribution >= 4 is 28.2 Å². The third-order valence-electron chi connectivity index (χ3n) is 4.67. The zero-order chi connectivity index (χ0) is 20.4. The summed E-state index contributed by atoms with van der Waals surface area (Å²) >= 11 is 0. The highest BCUT2D eigenvalue weighted by Crippen LogP contribution is 2.29. The highest BCUT2D eigenvalue weighted by Gasteiger charge is 2.14. The molecule has 29 heavy (non-hydrogen) atoms. The number of nitrogens with one attached hydrogen (secondary N) is 1. The minimum atomic E-state index is -0.318. The zero-order valence-electron chi connectivity index (χ0n) is 15.6. The van der Waals surface area contributed by atoms with Crippen LogP contribution in [0.2, 0.25) is 0 Å². The Balaban J connectivity index is 1.71. The van der Waals surface area contributed by atoms with Crippen LogP contribution >= 0.6 is 0 Å². The fraction of sp³-hybridized carbons (Fsp3) is 0.0435. The Morgan fingerprint density at radius 1 is 1.00 bits per heavy atom. The van der Waals surface area contributed by atoms with Crippen molar-refractivity contribution in [3.63, 3.8) is 0 Å². The van der Waals surface area contributed by atoms with Crippen LogP contribution in [-0.4, -0.2) is 18.0 Å². The Kier molecular flexibility index (Phi) is 4.83. The predicted molar refractivity (Wildman–Crippen MR) is 112 cm³/mol. The molecule has 4 aromatic rings. The molecule has 1 aromatic heterocycles. The number of nitrogen functional groups attached to an aromatic ring is 1. The lowest BCUT2D eigenvalue weighted by molar-refractivity contribution is 0.102. The van der Waals surface area contributed by atoms with Crippen molar-refractivity contribution in [1.29, 1.82) is 0 Å². The van der Waals surface area contributed by atoms with Gasteiger partial charge in [-0.1, -0.05) is 24.3 Å². The first kappa shape index (κ1) is 18.4. The van der Waals surface area contributed by atoms with E-state index >= 15 is 0 Å². The number of halogens is 1. The molecule has 0 unspecified atom stereocenters. The van der Waals surface area contributed by atoms with Crippen molar-refractivity contribution < 1.29 is 13.9 Å². The number of carbonyl (C=O) groups is 1. The van der Waals surface area contributed by atoms with Gasteiger partial charge in [0.15, 0.2) is 0 Å². The molecule has 144 valence electrons. The van der Waals surface area contributed by atoms with E-state index in [0.29, 0.717) is 33.6 Å². The summed E-state index contributed by atoms with van der Waals surface area (Å²) in [5.74, 6) is 0.388. The average Bonchev–Trinajstić information content (AvgIpc) is 2.74. The summed E-state index contributed by atoms with van der Waals surface area (Å²) < 4.78 is 18.7. The maximum Gasteiger partial charge on any atom is 0.257 e. The normalized spacial score (nSPS) is 10.7. The molecule has 3 N–H and O–H groups in total. The van der Waals surface area contributed by atoms with Crippen LogP contribution in [0.1, 0.15) is 10.4 Å². The lowest BCUT2D eigenvalue weighted by Crippen LogP contribution is -2.13. The van der Waals surface area contributed by atoms with Crippen LogP contribution in [0.5, 0.6) is 5.75 Å². The summed E-state index contributed by atoms with van der Waals surface area (Å²) in [5.41, 5.74) is 8.60. The van der Waals surface area contributed by atoms with Crippen molar-refractivity contribution in [2.75, 3.05) is 18.2 Å². The van der Waals surface area contributed by atoms with Gasteiger partial charge in [0.05, 0.1) is 12.7 Å². The van der Waals surface area contributed by atoms with E-state index in [1.807, 2.05) is 18.2 Å². The molecular weight excluding hydrogens is 369 g/mol. The third kappa shape index (κ3) is 3.73. The number of hydrogen-bond donors (Lipinski definition) is 2. The molecule has 0 fully saturated rings. The van der Waals surface area contributed by atoms with Crippen molar-refractivity contribution in [3.8, 4) is 16.9 Å². The van der Waals surface area contributed by atoms with Gasteiger partial charge in [0.25, 0.3) is 5.91 Å². The summed E-state index contributed by atoms with van der Waals surface area (Å²) in [4.78, 5) is 17.0. The van der Waals surface area contributed by atoms with E-state index in [4.69, 9.17) is 10.5 Å². The number of carbonyl (C=O) groups excluding carboxylic acids is 1. The lowest BCUT2D eigenvalue weighted by atomic mass is 9.99. The van der Waals surface area contributed by atoms with Gasteiger partial charge in [-0.25, -0.2) is 9.37 Å². The first-order chi connectivity index (χ1) is 14.0. The monoisotopic (exact) mass is 387 g/mol. The first-order valence-corrected chi connectivity index (χ1v) is 8.95. The van der Waals surface area contributed by atoms with E-state index in [0.717, 1.165) is 11.1 Å². The van der Waals surface area contributed by atoms with Gasteiger partial charge in [-0.2, -0.15) is 0 Å². The van der Waals surface area contributed by atoms with Crippen LogP contribution in [0.4, 0.5) is 15.9 Å². The fourth-order valence-corrected chi connectivity index (χ4v) is 3.17. The van der Waals surface area contributed by atoms with Gasteiger partial charge in [-0.3, -0.25) is 4.79 Å². The van der Waals surface area contributed by atoms with Gasteiger partial charge in [-0.15, -0.1) is 0 Å². The number of nitrogens with zero attached hydrogens (tertiary/aromatic N) is 1. The molecule has 0 saturated heterocycles. The summed E-state index contributed by atoms with van der Waals surface area (Å²) in [5, 5.41) is 4.15. The van der Waals surface area contributed by atoms with E-state index in [9.17, 15) is 9.18 Å². The molecule has 1 amide bonds. The molecular formula is C23H18FN3O2. The summed E-state index contributed by atoms with van der Waals surface area (Å²) in [6.45, 7) is 0. The number of amides is 1. The van der Waals surface area contributed by atoms with Gasteiger partial charge in [0.2, 0.25) is 0 Å². The first-order valence-electron chi connectivity index (χ1n) is 8.95. The van der Waals surface area contributed by atoms with Crippen molar-refractivity contribution in [2.24, 2.45) is 0 Å². The van der Waals surface area contributed by atoms with E-state index in [1.165, 1.54) is 18.3 Å². The predicted octanol–water partition coefficient (Wildman–Crippen LogP) is 4.88. The summed E-state index contributed by atoms with van der Waals surface area (Å²) in [6.07, 6.45) is 1.46. The number of fused-ring (bicyclic) bond motifs is 1. The largest absolute Gasteiger partial charge is 0.497 e. The van der Waals surface area contributed by atoms with Gasteiger partial charge < -0.3 is 15.8 Å². The highest BCUT2D eigenvalue weighted by molar-refractivity contribution is 6.14. The van der Waals surface area contributed by atoms with Gasteiger partial charge >= 0.3 is 0 Å². The molecule has 5 nitrogen and oxygen atoms in total. The van der Waals surface area contributed by atoms with Crippen LogP contribution < -0.4 is 15.8 Å². The zero-order valence-corrected chi connectivity index (χ0v) is 15.6. The molecule has 0 bridgehead atoms. The Morgan fingerprint density at radius 2 is 1.76 bits per heavy atom. The molecule has 0 spiro atoms. The average molecular weight is 387 g/mol. The standard InChI is InChI=1S/C23H18FN3O2/c1-29-18-8-6-17(7-9-18)27-23(28)21-13-26-22(25)20-12-15(5-10-19(20)21)14-3-2-4-16(24)11-14/h2-13H,1H3,(H2,25,26)(H,27,28). The number of pyridine rings is 1. The Bertz CT molecular complexity index is 1210. The number of methoxy groups -OCH3 is 1. The smallest absolute Gasteiger partial charge is 0.257 e. The third-order valence-corrected chi connectivity index (χ3v) is 4.67. The van der Waals surface area contributed by atoms with Crippen molar-refractivity contribution in [2.45, 2.75) is 0 Å². The molecule has 0 aliphatic carbocycles. The second-order valence-corrected chi connectivity index (χ2v) is 6.51. The highest BCUT2D eigenvalue weighted by atomic mass is 19.1. The number of rotatable bonds is 4. The molecule has 0 radical (unpaired) electrons. The Hall–Kier alpha value is -3.93. The van der Waals surface area contributed by atoms with Crippen molar-refractivity contribution in [1.82, 2.24) is 4.98 Å². The van der Waals surface area contributed by atoms with Gasteiger partial charge in [0.1, 0.15) is 17.4 Å². The van der Waals surface area contributed by atoms with E-state index in [2.05, 4.69) is 10.3 Å². The van der Waals surface area contributed by atoms with Gasteiger partial charge in [0, 0.05) is 17.3 Å². The number of anilines is 2. The molecule has 0 aliphatic rings. The maximum atomic E-state index is 13.6. The minimum Gasteiger partial charge on any atom is -0.497 e. The molecule has 3 aromatic carbocycles. The fourth-order valence-electron chi connectivity index (χ4n) is 3.17. The summed E-state index contributed by atoms with van der Waals surface area (Å²) in [6, 6.07) is 18.8. The van der Waals surface area contributed by atoms with Crippen molar-refractivity contribution in [3.05, 3.63) is 84.3 Å². The van der Waals surface area contributed by atoms with E-state index in [1.54, 1.807) is 43.5 Å². The second kappa shape index (κ2) is 7.59. The number of nitrogens with two attached hydrogens (primary N) is 1.